The third kappa shape index (κ3) is 9.32. The van der Waals surface area contributed by atoms with E-state index in [2.05, 4.69) is 27.7 Å². The van der Waals surface area contributed by atoms with Crippen LogP contribution in [0.2, 0.25) is 17.6 Å². The van der Waals surface area contributed by atoms with Crippen LogP contribution in [0.3, 0.4) is 0 Å². The van der Waals surface area contributed by atoms with Gasteiger partial charge in [0.15, 0.2) is 14.4 Å². The van der Waals surface area contributed by atoms with Crippen LogP contribution in [0.5, 0.6) is 0 Å². The molecular formula is C34H50O8Si. The molecule has 7 atom stereocenters. The second-order valence-corrected chi connectivity index (χ2v) is 16.6. The average Bonchev–Trinajstić information content (AvgIpc) is 3.02. The van der Waals surface area contributed by atoms with Crippen molar-refractivity contribution in [1.29, 1.82) is 0 Å². The highest BCUT2D eigenvalue weighted by atomic mass is 28.4. The van der Waals surface area contributed by atoms with Crippen molar-refractivity contribution in [3.8, 4) is 0 Å². The Balaban J connectivity index is 2.33. The number of hydrogen-bond donors (Lipinski definition) is 1. The van der Waals surface area contributed by atoms with Gasteiger partial charge in [-0.3, -0.25) is 4.79 Å². The first kappa shape index (κ1) is 36.3. The van der Waals surface area contributed by atoms with Gasteiger partial charge in [-0.25, -0.2) is 9.59 Å². The van der Waals surface area contributed by atoms with Crippen LogP contribution >= 0.6 is 0 Å². The van der Waals surface area contributed by atoms with Gasteiger partial charge in [0.25, 0.3) is 0 Å². The molecule has 2 aromatic carbocycles. The van der Waals surface area contributed by atoms with Gasteiger partial charge in [0.2, 0.25) is 5.78 Å². The Hall–Kier alpha value is -2.85. The Bertz CT molecular complexity index is 1150. The van der Waals surface area contributed by atoms with Crippen molar-refractivity contribution in [2.75, 3.05) is 7.11 Å². The standard InChI is InChI=1S/C34H50O8Si/c1-10-43(11-2,22(3)4)42-31(23(5)25(7)40-33(37)27-18-14-12-15-19-27)24(6)29(35)32(39-9)30(36)26(8)41-34(38)28-20-16-13-17-21-28/h12-26,29,31-32,35H,10-11H2,1-9H3/t23-,24-,25-,26+,29-,31+,32-/m1/s1. The number of methoxy groups -OCH3 is 1. The van der Waals surface area contributed by atoms with Crippen molar-refractivity contribution in [3.05, 3.63) is 71.8 Å². The normalized spacial score (nSPS) is 16.8. The number of carbonyl (C=O) groups excluding carboxylic acids is 3. The lowest BCUT2D eigenvalue weighted by atomic mass is 9.83. The Morgan fingerprint density at radius 2 is 1.21 bits per heavy atom. The van der Waals surface area contributed by atoms with E-state index in [1.165, 1.54) is 14.0 Å². The van der Waals surface area contributed by atoms with E-state index in [-0.39, 0.29) is 5.92 Å². The molecule has 0 heterocycles. The van der Waals surface area contributed by atoms with Gasteiger partial charge in [0, 0.05) is 18.9 Å². The Labute approximate surface area is 258 Å². The van der Waals surface area contributed by atoms with Crippen LogP contribution in [0.1, 0.15) is 76.1 Å². The van der Waals surface area contributed by atoms with Gasteiger partial charge in [-0.1, -0.05) is 77.9 Å². The number of aliphatic hydroxyl groups excluding tert-OH is 1. The van der Waals surface area contributed by atoms with Crippen molar-refractivity contribution < 1.29 is 38.1 Å². The minimum atomic E-state index is -2.30. The Morgan fingerprint density at radius 1 is 0.744 bits per heavy atom. The van der Waals surface area contributed by atoms with Crippen LogP contribution in [0.4, 0.5) is 0 Å². The van der Waals surface area contributed by atoms with Crippen molar-refractivity contribution in [3.63, 3.8) is 0 Å². The summed E-state index contributed by atoms with van der Waals surface area (Å²) in [6.45, 7) is 15.6. The van der Waals surface area contributed by atoms with Crippen LogP contribution in [0.15, 0.2) is 60.7 Å². The van der Waals surface area contributed by atoms with Gasteiger partial charge >= 0.3 is 11.9 Å². The first-order valence-corrected chi connectivity index (χ1v) is 17.7. The predicted molar refractivity (Wildman–Crippen MR) is 169 cm³/mol. The number of ether oxygens (including phenoxy) is 3. The Morgan fingerprint density at radius 3 is 1.63 bits per heavy atom. The van der Waals surface area contributed by atoms with Crippen LogP contribution in [0.25, 0.3) is 0 Å². The molecule has 0 aliphatic heterocycles. The maximum absolute atomic E-state index is 13.5. The molecule has 0 aliphatic rings. The summed E-state index contributed by atoms with van der Waals surface area (Å²) in [5.74, 6) is -2.56. The molecule has 0 bridgehead atoms. The molecule has 9 heteroatoms. The number of carbonyl (C=O) groups is 3. The van der Waals surface area contributed by atoms with Crippen LogP contribution in [-0.2, 0) is 23.4 Å². The van der Waals surface area contributed by atoms with Crippen molar-refractivity contribution in [1.82, 2.24) is 0 Å². The topological polar surface area (TPSA) is 108 Å². The predicted octanol–water partition coefficient (Wildman–Crippen LogP) is 6.48. The maximum Gasteiger partial charge on any atom is 0.338 e. The molecule has 238 valence electrons. The molecule has 43 heavy (non-hydrogen) atoms. The van der Waals surface area contributed by atoms with Crippen LogP contribution in [-0.4, -0.2) is 68.8 Å². The van der Waals surface area contributed by atoms with Crippen LogP contribution in [0, 0.1) is 11.8 Å². The summed E-state index contributed by atoms with van der Waals surface area (Å²) in [6, 6.07) is 18.9. The van der Waals surface area contributed by atoms with Crippen LogP contribution < -0.4 is 0 Å². The second kappa shape index (κ2) is 16.8. The quantitative estimate of drug-likeness (QED) is 0.159. The Kier molecular flexibility index (Phi) is 14.2. The zero-order valence-electron chi connectivity index (χ0n) is 27.1. The fraction of sp³-hybridized carbons (Fsp3) is 0.559. The highest BCUT2D eigenvalue weighted by Crippen LogP contribution is 2.37. The molecule has 8 nitrogen and oxygen atoms in total. The van der Waals surface area contributed by atoms with E-state index in [0.29, 0.717) is 16.7 Å². The highest BCUT2D eigenvalue weighted by molar-refractivity contribution is 6.75. The number of Topliss-reactive ketones (excluding diaryl/α,β-unsaturated/α-hetero) is 1. The van der Waals surface area contributed by atoms with Crippen molar-refractivity contribution in [2.24, 2.45) is 11.8 Å². The molecular weight excluding hydrogens is 564 g/mol. The lowest BCUT2D eigenvalue weighted by molar-refractivity contribution is -0.150. The number of aliphatic hydroxyl groups is 1. The first-order valence-electron chi connectivity index (χ1n) is 15.3. The van der Waals surface area contributed by atoms with Gasteiger partial charge in [0.1, 0.15) is 12.2 Å². The molecule has 1 N–H and O–H groups in total. The fourth-order valence-electron chi connectivity index (χ4n) is 5.51. The number of ketones is 1. The van der Waals surface area contributed by atoms with E-state index in [1.54, 1.807) is 54.6 Å². The minimum absolute atomic E-state index is 0.293. The monoisotopic (exact) mass is 614 g/mol. The fourth-order valence-corrected chi connectivity index (χ4v) is 9.22. The molecule has 2 aromatic rings. The molecule has 0 spiro atoms. The van der Waals surface area contributed by atoms with E-state index in [1.807, 2.05) is 26.8 Å². The van der Waals surface area contributed by atoms with Gasteiger partial charge in [-0.2, -0.15) is 0 Å². The SMILES string of the molecule is CC[Si](CC)(O[C@H]([C@H](C)[C@@H](O)[C@@H](OC)C(=O)[C@H](C)OC(=O)c1ccccc1)[C@H](C)[C@@H](C)OC(=O)c1ccccc1)C(C)C. The van der Waals surface area contributed by atoms with Gasteiger partial charge in [-0.15, -0.1) is 0 Å². The summed E-state index contributed by atoms with van der Waals surface area (Å²) >= 11 is 0. The van der Waals surface area contributed by atoms with Crippen molar-refractivity contribution in [2.45, 2.75) is 104 Å². The largest absolute Gasteiger partial charge is 0.459 e. The molecule has 0 saturated carbocycles. The van der Waals surface area contributed by atoms with Gasteiger partial charge < -0.3 is 23.7 Å². The second-order valence-electron chi connectivity index (χ2n) is 11.7. The van der Waals surface area contributed by atoms with Crippen molar-refractivity contribution >= 4 is 26.0 Å². The molecule has 2 rings (SSSR count). The summed E-state index contributed by atoms with van der Waals surface area (Å²) < 4.78 is 23.9. The first-order chi connectivity index (χ1) is 20.3. The molecule has 0 saturated heterocycles. The lowest BCUT2D eigenvalue weighted by Crippen LogP contribution is -2.54. The van der Waals surface area contributed by atoms with E-state index >= 15 is 0 Å². The van der Waals surface area contributed by atoms with Gasteiger partial charge in [0.05, 0.1) is 23.3 Å². The molecule has 0 aliphatic carbocycles. The van der Waals surface area contributed by atoms with E-state index in [0.717, 1.165) is 12.1 Å². The lowest BCUT2D eigenvalue weighted by Gasteiger charge is -2.44. The smallest absolute Gasteiger partial charge is 0.338 e. The number of hydrogen-bond acceptors (Lipinski definition) is 8. The summed E-state index contributed by atoms with van der Waals surface area (Å²) in [4.78, 5) is 38.9. The average molecular weight is 615 g/mol. The maximum atomic E-state index is 13.5. The van der Waals surface area contributed by atoms with Gasteiger partial charge in [-0.05, 0) is 55.7 Å². The summed E-state index contributed by atoms with van der Waals surface area (Å²) in [5, 5.41) is 11.6. The third-order valence-electron chi connectivity index (χ3n) is 8.78. The summed E-state index contributed by atoms with van der Waals surface area (Å²) in [6.07, 6.45) is -4.82. The van der Waals surface area contributed by atoms with E-state index < -0.39 is 62.5 Å². The van der Waals surface area contributed by atoms with E-state index in [9.17, 15) is 19.5 Å². The third-order valence-corrected chi connectivity index (χ3v) is 14.0. The summed E-state index contributed by atoms with van der Waals surface area (Å²) in [5.41, 5.74) is 1.06. The van der Waals surface area contributed by atoms with E-state index in [4.69, 9.17) is 18.6 Å². The molecule has 0 fully saturated rings. The minimum Gasteiger partial charge on any atom is -0.459 e. The molecule has 0 radical (unpaired) electrons. The number of rotatable bonds is 17. The number of benzene rings is 2. The highest BCUT2D eigenvalue weighted by Gasteiger charge is 2.46. The molecule has 0 amide bonds. The zero-order valence-corrected chi connectivity index (χ0v) is 28.1. The number of esters is 2. The molecule has 0 unspecified atom stereocenters. The summed E-state index contributed by atoms with van der Waals surface area (Å²) in [7, 11) is -0.959. The molecule has 0 aromatic heterocycles. The zero-order chi connectivity index (χ0) is 32.3.